The Morgan fingerprint density at radius 3 is 2.57 bits per heavy atom. The average molecular weight is 444 g/mol. The van der Waals surface area contributed by atoms with Gasteiger partial charge in [-0.25, -0.2) is 9.98 Å². The van der Waals surface area contributed by atoms with Crippen LogP contribution >= 0.6 is 35.3 Å². The van der Waals surface area contributed by atoms with Gasteiger partial charge in [0.05, 0.1) is 17.2 Å². The van der Waals surface area contributed by atoms with E-state index in [1.165, 1.54) is 5.56 Å². The van der Waals surface area contributed by atoms with Crippen molar-refractivity contribution in [1.29, 1.82) is 0 Å². The number of nitrogens with zero attached hydrogens (tertiary/aromatic N) is 2. The monoisotopic (exact) mass is 444 g/mol. The molecule has 0 spiro atoms. The molecule has 0 amide bonds. The molecule has 4 nitrogen and oxygen atoms in total. The molecule has 0 aliphatic carbocycles. The van der Waals surface area contributed by atoms with Gasteiger partial charge in [-0.15, -0.1) is 35.3 Å². The molecule has 2 rings (SSSR count). The number of hydrogen-bond acceptors (Lipinski definition) is 3. The number of rotatable bonds is 6. The molecular formula is C17H25IN4S. The molecule has 0 radical (unpaired) electrons. The van der Waals surface area contributed by atoms with Crippen molar-refractivity contribution in [3.05, 3.63) is 45.9 Å². The number of anilines is 1. The van der Waals surface area contributed by atoms with Gasteiger partial charge < -0.3 is 11.1 Å². The highest BCUT2D eigenvalue weighted by molar-refractivity contribution is 14.0. The zero-order valence-electron chi connectivity index (χ0n) is 13.9. The number of aryl methyl sites for hydroxylation is 1. The summed E-state index contributed by atoms with van der Waals surface area (Å²) in [6.45, 7) is 7.05. The van der Waals surface area contributed by atoms with E-state index in [1.54, 1.807) is 11.3 Å². The summed E-state index contributed by atoms with van der Waals surface area (Å²) in [6, 6.07) is 8.36. The first-order valence-electron chi connectivity index (χ1n) is 7.72. The topological polar surface area (TPSA) is 63.3 Å². The summed E-state index contributed by atoms with van der Waals surface area (Å²) in [6.07, 6.45) is 2.11. The third kappa shape index (κ3) is 6.10. The zero-order chi connectivity index (χ0) is 15.9. The Bertz CT molecular complexity index is 622. The second kappa shape index (κ2) is 9.87. The number of nitrogens with two attached hydrogens (primary N) is 1. The predicted molar refractivity (Wildman–Crippen MR) is 111 cm³/mol. The molecule has 0 saturated heterocycles. The van der Waals surface area contributed by atoms with Gasteiger partial charge in [-0.05, 0) is 36.5 Å². The summed E-state index contributed by atoms with van der Waals surface area (Å²) in [7, 11) is 0. The molecule has 1 aromatic heterocycles. The lowest BCUT2D eigenvalue weighted by molar-refractivity contribution is 0.734. The van der Waals surface area contributed by atoms with Gasteiger partial charge in [0.2, 0.25) is 0 Å². The number of thiazole rings is 1. The van der Waals surface area contributed by atoms with Crippen molar-refractivity contribution in [2.45, 2.75) is 46.1 Å². The van der Waals surface area contributed by atoms with E-state index in [4.69, 9.17) is 5.73 Å². The molecule has 0 aliphatic heterocycles. The van der Waals surface area contributed by atoms with Crippen LogP contribution in [0.5, 0.6) is 0 Å². The Morgan fingerprint density at radius 1 is 1.30 bits per heavy atom. The van der Waals surface area contributed by atoms with Crippen molar-refractivity contribution in [1.82, 2.24) is 4.98 Å². The van der Waals surface area contributed by atoms with E-state index in [-0.39, 0.29) is 24.0 Å². The fraction of sp³-hybridized carbons (Fsp3) is 0.412. The molecule has 0 aliphatic rings. The minimum Gasteiger partial charge on any atom is -0.370 e. The maximum Gasteiger partial charge on any atom is 0.193 e. The normalized spacial score (nSPS) is 12.6. The molecule has 3 N–H and O–H groups in total. The third-order valence-electron chi connectivity index (χ3n) is 3.68. The van der Waals surface area contributed by atoms with Crippen LogP contribution in [0.1, 0.15) is 49.4 Å². The fourth-order valence-corrected chi connectivity index (χ4v) is 2.80. The average Bonchev–Trinajstić information content (AvgIpc) is 3.01. The quantitative estimate of drug-likeness (QED) is 0.384. The molecule has 1 atom stereocenters. The second-order valence-corrected chi connectivity index (χ2v) is 6.29. The van der Waals surface area contributed by atoms with Crippen molar-refractivity contribution < 1.29 is 0 Å². The molecule has 126 valence electrons. The summed E-state index contributed by atoms with van der Waals surface area (Å²) in [5, 5.41) is 6.30. The SMILES string of the molecule is CCc1nc(CN=C(N)Nc2ccc(C(C)CC)cc2)cs1.I. The molecule has 1 unspecified atom stereocenters. The Kier molecular flexibility index (Phi) is 8.54. The molecular weight excluding hydrogens is 419 g/mol. The first-order valence-corrected chi connectivity index (χ1v) is 8.60. The van der Waals surface area contributed by atoms with Gasteiger partial charge in [0.15, 0.2) is 5.96 Å². The number of aliphatic imine (C=N–C) groups is 1. The Morgan fingerprint density at radius 2 is 2.00 bits per heavy atom. The van der Waals surface area contributed by atoms with Gasteiger partial charge in [-0.3, -0.25) is 0 Å². The molecule has 0 saturated carbocycles. The lowest BCUT2D eigenvalue weighted by Crippen LogP contribution is -2.22. The van der Waals surface area contributed by atoms with Crippen molar-refractivity contribution >= 4 is 47.0 Å². The van der Waals surface area contributed by atoms with Crippen LogP contribution in [0, 0.1) is 0 Å². The van der Waals surface area contributed by atoms with Crippen LogP contribution in [0.4, 0.5) is 5.69 Å². The van der Waals surface area contributed by atoms with Crippen LogP contribution in [0.25, 0.3) is 0 Å². The summed E-state index contributed by atoms with van der Waals surface area (Å²) >= 11 is 1.67. The standard InChI is InChI=1S/C17H24N4S.HI/c1-4-12(3)13-6-8-14(9-7-13)21-17(18)19-10-15-11-22-16(5-2)20-15;/h6-9,11-12H,4-5,10H2,1-3H3,(H3,18,19,21);1H. The second-order valence-electron chi connectivity index (χ2n) is 5.34. The minimum absolute atomic E-state index is 0. The van der Waals surface area contributed by atoms with Crippen molar-refractivity contribution in [3.8, 4) is 0 Å². The van der Waals surface area contributed by atoms with E-state index >= 15 is 0 Å². The fourth-order valence-electron chi connectivity index (χ4n) is 2.07. The largest absolute Gasteiger partial charge is 0.370 e. The zero-order valence-corrected chi connectivity index (χ0v) is 17.0. The lowest BCUT2D eigenvalue weighted by Gasteiger charge is -2.10. The molecule has 0 bridgehead atoms. The first-order chi connectivity index (χ1) is 10.6. The number of nitrogens with one attached hydrogen (secondary N) is 1. The van der Waals surface area contributed by atoms with E-state index in [2.05, 4.69) is 48.2 Å². The summed E-state index contributed by atoms with van der Waals surface area (Å²) in [4.78, 5) is 8.81. The van der Waals surface area contributed by atoms with E-state index in [9.17, 15) is 0 Å². The number of aromatic nitrogens is 1. The van der Waals surface area contributed by atoms with Crippen molar-refractivity contribution in [2.75, 3.05) is 5.32 Å². The molecule has 0 fully saturated rings. The maximum atomic E-state index is 5.93. The lowest BCUT2D eigenvalue weighted by atomic mass is 9.99. The van der Waals surface area contributed by atoms with E-state index in [0.29, 0.717) is 18.4 Å². The van der Waals surface area contributed by atoms with Crippen LogP contribution < -0.4 is 11.1 Å². The number of guanidine groups is 1. The maximum absolute atomic E-state index is 5.93. The number of benzene rings is 1. The van der Waals surface area contributed by atoms with Gasteiger partial charge in [0.1, 0.15) is 0 Å². The van der Waals surface area contributed by atoms with Gasteiger partial charge in [0.25, 0.3) is 0 Å². The van der Waals surface area contributed by atoms with Crippen molar-refractivity contribution in [2.24, 2.45) is 10.7 Å². The van der Waals surface area contributed by atoms with Crippen LogP contribution in [0.2, 0.25) is 0 Å². The van der Waals surface area contributed by atoms with Gasteiger partial charge in [-0.1, -0.05) is 32.9 Å². The Hall–Kier alpha value is -1.15. The van der Waals surface area contributed by atoms with Crippen LogP contribution in [0.3, 0.4) is 0 Å². The Labute approximate surface area is 159 Å². The van der Waals surface area contributed by atoms with Crippen LogP contribution in [0.15, 0.2) is 34.6 Å². The van der Waals surface area contributed by atoms with Crippen molar-refractivity contribution in [3.63, 3.8) is 0 Å². The highest BCUT2D eigenvalue weighted by Gasteiger charge is 2.03. The minimum atomic E-state index is 0. The van der Waals surface area contributed by atoms with Crippen LogP contribution in [-0.2, 0) is 13.0 Å². The summed E-state index contributed by atoms with van der Waals surface area (Å²) in [5.41, 5.74) is 9.21. The van der Waals surface area contributed by atoms with Gasteiger partial charge in [0, 0.05) is 11.1 Å². The van der Waals surface area contributed by atoms with E-state index in [1.807, 2.05) is 17.5 Å². The predicted octanol–water partition coefficient (Wildman–Crippen LogP) is 4.76. The Balaban J connectivity index is 0.00000264. The smallest absolute Gasteiger partial charge is 0.193 e. The summed E-state index contributed by atoms with van der Waals surface area (Å²) in [5.74, 6) is 1.000. The molecule has 1 heterocycles. The highest BCUT2D eigenvalue weighted by Crippen LogP contribution is 2.20. The molecule has 23 heavy (non-hydrogen) atoms. The first kappa shape index (κ1) is 19.9. The van der Waals surface area contributed by atoms with E-state index in [0.717, 1.165) is 29.2 Å². The van der Waals surface area contributed by atoms with Crippen LogP contribution in [-0.4, -0.2) is 10.9 Å². The highest BCUT2D eigenvalue weighted by atomic mass is 127. The summed E-state index contributed by atoms with van der Waals surface area (Å²) < 4.78 is 0. The molecule has 2 aromatic rings. The number of halogens is 1. The third-order valence-corrected chi connectivity index (χ3v) is 4.72. The van der Waals surface area contributed by atoms with Gasteiger partial charge >= 0.3 is 0 Å². The van der Waals surface area contributed by atoms with E-state index < -0.39 is 0 Å². The molecule has 6 heteroatoms. The van der Waals surface area contributed by atoms with Gasteiger partial charge in [-0.2, -0.15) is 0 Å². The molecule has 1 aromatic carbocycles. The number of hydrogen-bond donors (Lipinski definition) is 2.